The molecule has 0 fully saturated rings. The molecule has 0 bridgehead atoms. The Morgan fingerprint density at radius 3 is 1.54 bits per heavy atom. The molecular formula is C57H36N2. The highest BCUT2D eigenvalue weighted by atomic mass is 15.1. The molecule has 1 heterocycles. The van der Waals surface area contributed by atoms with Gasteiger partial charge in [0.15, 0.2) is 0 Å². The quantitative estimate of drug-likeness (QED) is 0.160. The maximum absolute atomic E-state index is 5.20. The summed E-state index contributed by atoms with van der Waals surface area (Å²) >= 11 is 0. The van der Waals surface area contributed by atoms with Crippen LogP contribution in [0.5, 0.6) is 0 Å². The number of aromatic nitrogens is 2. The summed E-state index contributed by atoms with van der Waals surface area (Å²) in [6.45, 7) is 0. The molecule has 0 unspecified atom stereocenters. The molecule has 0 N–H and O–H groups in total. The number of benzene rings is 11. The van der Waals surface area contributed by atoms with Gasteiger partial charge < -0.3 is 0 Å². The topological polar surface area (TPSA) is 17.8 Å². The summed E-state index contributed by atoms with van der Waals surface area (Å²) in [5.74, 6) is 0.926. The lowest BCUT2D eigenvalue weighted by molar-refractivity contribution is 1.10. The van der Waals surface area contributed by atoms with E-state index in [1.807, 2.05) is 0 Å². The van der Waals surface area contributed by atoms with Crippen LogP contribution in [0.25, 0.3) is 115 Å². The number of rotatable bonds is 5. The number of hydrogen-bond acceptors (Lipinski definition) is 1. The highest BCUT2D eigenvalue weighted by Gasteiger charge is 2.19. The van der Waals surface area contributed by atoms with Gasteiger partial charge in [0, 0.05) is 11.3 Å². The zero-order valence-corrected chi connectivity index (χ0v) is 32.2. The van der Waals surface area contributed by atoms with Gasteiger partial charge >= 0.3 is 0 Å². The molecule has 0 saturated carbocycles. The first-order valence-electron chi connectivity index (χ1n) is 20.3. The van der Waals surface area contributed by atoms with Crippen LogP contribution in [0, 0.1) is 0 Å². The number of fused-ring (bicyclic) bond motifs is 8. The first-order chi connectivity index (χ1) is 29.3. The first-order valence-corrected chi connectivity index (χ1v) is 20.3. The van der Waals surface area contributed by atoms with Crippen molar-refractivity contribution in [2.45, 2.75) is 0 Å². The normalized spacial score (nSPS) is 11.7. The van der Waals surface area contributed by atoms with Gasteiger partial charge in [0.2, 0.25) is 0 Å². The Kier molecular flexibility index (Phi) is 7.57. The van der Waals surface area contributed by atoms with Crippen LogP contribution >= 0.6 is 0 Å². The number of nitrogens with zero attached hydrogens (tertiary/aromatic N) is 2. The molecule has 0 saturated heterocycles. The summed E-state index contributed by atoms with van der Waals surface area (Å²) in [5.41, 5.74) is 11.5. The molecule has 0 aliphatic heterocycles. The van der Waals surface area contributed by atoms with Crippen molar-refractivity contribution in [1.29, 1.82) is 0 Å². The van der Waals surface area contributed by atoms with Crippen molar-refractivity contribution >= 4 is 64.9 Å². The molecular weight excluding hydrogens is 713 g/mol. The van der Waals surface area contributed by atoms with Crippen molar-refractivity contribution in [3.63, 3.8) is 0 Å². The minimum Gasteiger partial charge on any atom is -0.292 e. The Labute approximate surface area is 341 Å². The molecule has 0 radical (unpaired) electrons. The van der Waals surface area contributed by atoms with Crippen LogP contribution < -0.4 is 0 Å². The predicted octanol–water partition coefficient (Wildman–Crippen LogP) is 15.5. The molecule has 0 amide bonds. The van der Waals surface area contributed by atoms with Gasteiger partial charge in [-0.1, -0.05) is 170 Å². The lowest BCUT2D eigenvalue weighted by Gasteiger charge is -2.18. The highest BCUT2D eigenvalue weighted by molar-refractivity contribution is 6.26. The van der Waals surface area contributed by atoms with Crippen molar-refractivity contribution in [3.8, 4) is 50.5 Å². The standard InChI is InChI=1S/C57H36N2/c1-2-21-42(22-3-1)59-56-30-11-10-29-55(56)58-57(59)41-20-12-19-39(33-41)40-31-32-49-50(34-40)52(46-28-14-18-38-16-5-7-24-44(38)46)36-53-48-26-9-8-25-47(48)51(35-54(49)53)45-27-13-17-37-15-4-6-23-43(37)45/h1-36H. The second kappa shape index (κ2) is 13.4. The third-order valence-electron chi connectivity index (χ3n) is 12.2. The molecule has 12 rings (SSSR count). The Bertz CT molecular complexity index is 3600. The van der Waals surface area contributed by atoms with Gasteiger partial charge in [-0.15, -0.1) is 0 Å². The number of hydrogen-bond donors (Lipinski definition) is 0. The summed E-state index contributed by atoms with van der Waals surface area (Å²) in [6, 6.07) is 79.6. The van der Waals surface area contributed by atoms with Crippen LogP contribution in [-0.2, 0) is 0 Å². The van der Waals surface area contributed by atoms with E-state index in [-0.39, 0.29) is 0 Å². The van der Waals surface area contributed by atoms with Crippen molar-refractivity contribution in [1.82, 2.24) is 9.55 Å². The molecule has 1 aromatic heterocycles. The molecule has 274 valence electrons. The molecule has 11 aromatic carbocycles. The summed E-state index contributed by atoms with van der Waals surface area (Å²) in [4.78, 5) is 5.20. The zero-order chi connectivity index (χ0) is 38.9. The first kappa shape index (κ1) is 33.3. The largest absolute Gasteiger partial charge is 0.292 e. The van der Waals surface area contributed by atoms with E-state index in [4.69, 9.17) is 4.98 Å². The van der Waals surface area contributed by atoms with E-state index in [1.54, 1.807) is 0 Å². The van der Waals surface area contributed by atoms with E-state index in [0.717, 1.165) is 39.2 Å². The van der Waals surface area contributed by atoms with Crippen molar-refractivity contribution in [2.24, 2.45) is 0 Å². The third-order valence-corrected chi connectivity index (χ3v) is 12.2. The predicted molar refractivity (Wildman–Crippen MR) is 250 cm³/mol. The Morgan fingerprint density at radius 1 is 0.288 bits per heavy atom. The third kappa shape index (κ3) is 5.38. The molecule has 2 heteroatoms. The molecule has 0 aliphatic rings. The van der Waals surface area contributed by atoms with Gasteiger partial charge in [0.1, 0.15) is 5.82 Å². The SMILES string of the molecule is c1ccc(-n2c(-c3cccc(-c4ccc5c(c4)c(-c4cccc6ccccc46)cc4c6ccccc6c(-c6cccc7ccccc67)cc54)c3)nc3ccccc32)cc1. The van der Waals surface area contributed by atoms with Crippen molar-refractivity contribution in [2.75, 3.05) is 0 Å². The number of imidazole rings is 1. The average Bonchev–Trinajstić information content (AvgIpc) is 3.71. The van der Waals surface area contributed by atoms with E-state index in [9.17, 15) is 0 Å². The highest BCUT2D eigenvalue weighted by Crippen LogP contribution is 2.45. The molecule has 0 aliphatic carbocycles. The van der Waals surface area contributed by atoms with Crippen LogP contribution in [0.3, 0.4) is 0 Å². The summed E-state index contributed by atoms with van der Waals surface area (Å²) in [7, 11) is 0. The minimum atomic E-state index is 0.926. The van der Waals surface area contributed by atoms with Gasteiger partial charge in [0.05, 0.1) is 11.0 Å². The maximum atomic E-state index is 5.20. The van der Waals surface area contributed by atoms with E-state index >= 15 is 0 Å². The van der Waals surface area contributed by atoms with Crippen LogP contribution in [0.15, 0.2) is 218 Å². The lowest BCUT2D eigenvalue weighted by Crippen LogP contribution is -1.97. The Morgan fingerprint density at radius 2 is 0.814 bits per heavy atom. The van der Waals surface area contributed by atoms with Crippen LogP contribution in [-0.4, -0.2) is 9.55 Å². The fraction of sp³-hybridized carbons (Fsp3) is 0. The van der Waals surface area contributed by atoms with Crippen LogP contribution in [0.1, 0.15) is 0 Å². The molecule has 59 heavy (non-hydrogen) atoms. The van der Waals surface area contributed by atoms with E-state index in [2.05, 4.69) is 223 Å². The smallest absolute Gasteiger partial charge is 0.145 e. The molecule has 12 aromatic rings. The fourth-order valence-electron chi connectivity index (χ4n) is 9.44. The van der Waals surface area contributed by atoms with Gasteiger partial charge in [-0.25, -0.2) is 4.98 Å². The molecule has 0 spiro atoms. The number of para-hydroxylation sites is 3. The maximum Gasteiger partial charge on any atom is 0.145 e. The summed E-state index contributed by atoms with van der Waals surface area (Å²) < 4.78 is 2.28. The Hall–Kier alpha value is -7.81. The Balaban J connectivity index is 1.13. The van der Waals surface area contributed by atoms with Crippen molar-refractivity contribution < 1.29 is 0 Å². The second-order valence-corrected chi connectivity index (χ2v) is 15.5. The average molecular weight is 749 g/mol. The lowest BCUT2D eigenvalue weighted by atomic mass is 9.85. The van der Waals surface area contributed by atoms with E-state index in [0.29, 0.717) is 0 Å². The van der Waals surface area contributed by atoms with Crippen LogP contribution in [0.2, 0.25) is 0 Å². The monoisotopic (exact) mass is 748 g/mol. The van der Waals surface area contributed by atoms with Crippen LogP contribution in [0.4, 0.5) is 0 Å². The second-order valence-electron chi connectivity index (χ2n) is 15.5. The van der Waals surface area contributed by atoms with Gasteiger partial charge in [-0.3, -0.25) is 4.57 Å². The molecule has 2 nitrogen and oxygen atoms in total. The van der Waals surface area contributed by atoms with E-state index in [1.165, 1.54) is 76.1 Å². The summed E-state index contributed by atoms with van der Waals surface area (Å²) in [6.07, 6.45) is 0. The van der Waals surface area contributed by atoms with E-state index < -0.39 is 0 Å². The fourth-order valence-corrected chi connectivity index (χ4v) is 9.44. The van der Waals surface area contributed by atoms with Gasteiger partial charge in [-0.05, 0) is 136 Å². The van der Waals surface area contributed by atoms with Gasteiger partial charge in [-0.2, -0.15) is 0 Å². The van der Waals surface area contributed by atoms with Gasteiger partial charge in [0.25, 0.3) is 0 Å². The molecule has 0 atom stereocenters. The zero-order valence-electron chi connectivity index (χ0n) is 32.2. The van der Waals surface area contributed by atoms with Crippen molar-refractivity contribution in [3.05, 3.63) is 218 Å². The summed E-state index contributed by atoms with van der Waals surface area (Å²) in [5, 5.41) is 12.5. The minimum absolute atomic E-state index is 0.926.